The highest BCUT2D eigenvalue weighted by Crippen LogP contribution is 2.38. The van der Waals surface area contributed by atoms with E-state index in [9.17, 15) is 44.7 Å². The summed E-state index contributed by atoms with van der Waals surface area (Å²) in [7, 11) is 0. The molecule has 1 aliphatic heterocycles. The molecule has 0 saturated carbocycles. The highest BCUT2D eigenvalue weighted by atomic mass is 35.5. The number of aromatic nitrogens is 3. The number of alkyl halides is 8. The van der Waals surface area contributed by atoms with E-state index in [1.54, 1.807) is 24.3 Å². The van der Waals surface area contributed by atoms with Crippen molar-refractivity contribution in [2.24, 2.45) is 4.99 Å². The number of amidine groups is 1. The Hall–Kier alpha value is -4.91. The van der Waals surface area contributed by atoms with E-state index in [-0.39, 0.29) is 45.7 Å². The van der Waals surface area contributed by atoms with Crippen LogP contribution < -0.4 is 19.7 Å². The maximum Gasteiger partial charge on any atom is 0.499 e. The summed E-state index contributed by atoms with van der Waals surface area (Å²) < 4.78 is 112. The van der Waals surface area contributed by atoms with Crippen LogP contribution in [0.1, 0.15) is 18.4 Å². The first-order chi connectivity index (χ1) is 23.9. The Bertz CT molecular complexity index is 1920. The zero-order valence-electron chi connectivity index (χ0n) is 25.8. The van der Waals surface area contributed by atoms with E-state index < -0.39 is 42.8 Å². The van der Waals surface area contributed by atoms with Crippen molar-refractivity contribution < 1.29 is 54.2 Å². The van der Waals surface area contributed by atoms with Crippen molar-refractivity contribution in [2.75, 3.05) is 23.8 Å². The molecule has 0 bridgehead atoms. The Morgan fingerprint density at radius 1 is 1.02 bits per heavy atom. The molecule has 270 valence electrons. The van der Waals surface area contributed by atoms with Crippen molar-refractivity contribution in [3.8, 4) is 28.6 Å². The van der Waals surface area contributed by atoms with Crippen LogP contribution >= 0.6 is 23.4 Å². The van der Waals surface area contributed by atoms with E-state index in [1.165, 1.54) is 41.3 Å². The lowest BCUT2D eigenvalue weighted by Crippen LogP contribution is -2.41. The fraction of sp³-hybridized carbons (Fsp3) is 0.258. The van der Waals surface area contributed by atoms with Gasteiger partial charge in [-0.05, 0) is 53.9 Å². The van der Waals surface area contributed by atoms with Gasteiger partial charge in [0.2, 0.25) is 5.91 Å². The highest BCUT2D eigenvalue weighted by molar-refractivity contribution is 8.15. The number of carbonyl (C=O) groups is 2. The average molecular weight is 763 g/mol. The van der Waals surface area contributed by atoms with Gasteiger partial charge in [-0.1, -0.05) is 54.6 Å². The van der Waals surface area contributed by atoms with E-state index >= 15 is 0 Å². The lowest BCUT2D eigenvalue weighted by molar-refractivity contribution is -0.360. The maximum absolute atomic E-state index is 13.2. The largest absolute Gasteiger partial charge is 0.499 e. The number of carbonyl (C=O) groups excluding carboxylic acids is 2. The Morgan fingerprint density at radius 3 is 2.35 bits per heavy atom. The lowest BCUT2D eigenvalue weighted by Gasteiger charge is -2.20. The number of hydrogen-bond donors (Lipinski definition) is 1. The number of amides is 3. The number of nitrogens with zero attached hydrogens (tertiary/aromatic N) is 5. The summed E-state index contributed by atoms with van der Waals surface area (Å²) in [4.78, 5) is 34.5. The summed E-state index contributed by atoms with van der Waals surface area (Å²) in [6.07, 6.45) is -14.6. The van der Waals surface area contributed by atoms with Crippen molar-refractivity contribution in [1.82, 2.24) is 20.1 Å². The van der Waals surface area contributed by atoms with Gasteiger partial charge in [0.1, 0.15) is 17.8 Å². The third-order valence-electron chi connectivity index (χ3n) is 6.98. The molecule has 5 rings (SSSR count). The molecule has 1 saturated heterocycles. The second-order valence-electron chi connectivity index (χ2n) is 10.8. The van der Waals surface area contributed by atoms with Gasteiger partial charge in [0.15, 0.2) is 17.6 Å². The van der Waals surface area contributed by atoms with Gasteiger partial charge in [-0.15, -0.1) is 5.10 Å². The van der Waals surface area contributed by atoms with Crippen LogP contribution in [0.3, 0.4) is 0 Å². The zero-order valence-corrected chi connectivity index (χ0v) is 27.4. The van der Waals surface area contributed by atoms with Gasteiger partial charge in [0.25, 0.3) is 0 Å². The van der Waals surface area contributed by atoms with Crippen LogP contribution in [0, 0.1) is 0 Å². The minimum absolute atomic E-state index is 0.0761. The number of halogens is 9. The summed E-state index contributed by atoms with van der Waals surface area (Å²) >= 11 is 6.95. The molecule has 1 aliphatic rings. The first-order valence-corrected chi connectivity index (χ1v) is 15.8. The van der Waals surface area contributed by atoms with Crippen LogP contribution in [0.15, 0.2) is 78.0 Å². The molecule has 1 aromatic heterocycles. The summed E-state index contributed by atoms with van der Waals surface area (Å²) in [5.74, 6) is -1.60. The number of thioether (sulfide) groups is 1. The van der Waals surface area contributed by atoms with Crippen molar-refractivity contribution in [2.45, 2.75) is 31.3 Å². The molecule has 2 heterocycles. The molecule has 3 amide bonds. The van der Waals surface area contributed by atoms with Crippen molar-refractivity contribution in [3.05, 3.63) is 83.6 Å². The van der Waals surface area contributed by atoms with E-state index in [0.717, 1.165) is 34.4 Å². The fourth-order valence-electron chi connectivity index (χ4n) is 4.47. The SMILES string of the molecule is CC(CNC(=O)N=C1SCC(=O)N1c1cc(Cl)ccc1OCC(F)(F)F)c1ccc(-c2ncn(-c3ccc(OC(F)(F)C(F)(F)F)cc3)n2)cc1. The van der Waals surface area contributed by atoms with Gasteiger partial charge < -0.3 is 14.8 Å². The number of ether oxygens (including phenoxy) is 2. The van der Waals surface area contributed by atoms with Crippen LogP contribution in [0.2, 0.25) is 5.02 Å². The van der Waals surface area contributed by atoms with E-state index in [2.05, 4.69) is 25.1 Å². The molecule has 0 aliphatic carbocycles. The fourth-order valence-corrected chi connectivity index (χ4v) is 5.49. The summed E-state index contributed by atoms with van der Waals surface area (Å²) in [6.45, 7) is 0.329. The van der Waals surface area contributed by atoms with Gasteiger partial charge >= 0.3 is 24.5 Å². The molecule has 0 spiro atoms. The van der Waals surface area contributed by atoms with E-state index in [0.29, 0.717) is 11.3 Å². The van der Waals surface area contributed by atoms with Gasteiger partial charge in [0.05, 0.1) is 17.1 Å². The number of rotatable bonds is 10. The molecule has 0 radical (unpaired) electrons. The first kappa shape index (κ1) is 37.3. The molecule has 1 fully saturated rings. The molecule has 3 aromatic carbocycles. The van der Waals surface area contributed by atoms with Gasteiger partial charge in [-0.25, -0.2) is 14.5 Å². The molecule has 10 nitrogen and oxygen atoms in total. The van der Waals surface area contributed by atoms with Crippen LogP contribution in [-0.2, 0) is 4.79 Å². The molecule has 4 aromatic rings. The van der Waals surface area contributed by atoms with Crippen LogP contribution in [0.25, 0.3) is 17.1 Å². The second-order valence-corrected chi connectivity index (χ2v) is 12.1. The summed E-state index contributed by atoms with van der Waals surface area (Å²) in [5.41, 5.74) is 1.61. The summed E-state index contributed by atoms with van der Waals surface area (Å²) in [6, 6.07) is 14.2. The number of hydrogen-bond acceptors (Lipinski definition) is 7. The standard InChI is InChI=1S/C31H23ClF8N6O4S/c1-17(13-41-27(48)43-28-46(25(47)14-51-28)23-12-20(32)6-11-24(23)49-15-29(33,34)35)18-2-4-19(5-3-18)26-42-16-45(44-26)21-7-9-22(10-8-21)50-31(39,40)30(36,37)38/h2-12,16-17H,13-15H2,1H3,(H,41,48). The summed E-state index contributed by atoms with van der Waals surface area (Å²) in [5, 5.41) is 6.99. The number of aliphatic imine (C=N–C) groups is 1. The predicted octanol–water partition coefficient (Wildman–Crippen LogP) is 8.01. The third kappa shape index (κ3) is 9.26. The van der Waals surface area contributed by atoms with Crippen LogP contribution in [-0.4, -0.2) is 69.2 Å². The lowest BCUT2D eigenvalue weighted by atomic mass is 10.00. The zero-order chi connectivity index (χ0) is 37.1. The minimum atomic E-state index is -5.88. The monoisotopic (exact) mass is 762 g/mol. The Balaban J connectivity index is 1.20. The maximum atomic E-state index is 13.2. The molecule has 1 atom stereocenters. The van der Waals surface area contributed by atoms with E-state index in [1.807, 2.05) is 6.92 Å². The number of nitrogens with one attached hydrogen (secondary N) is 1. The van der Waals surface area contributed by atoms with Crippen molar-refractivity contribution in [1.29, 1.82) is 0 Å². The third-order valence-corrected chi connectivity index (χ3v) is 8.14. The molecule has 1 unspecified atom stereocenters. The Kier molecular flexibility index (Phi) is 10.8. The molecule has 20 heteroatoms. The normalized spacial score (nSPS) is 15.3. The van der Waals surface area contributed by atoms with E-state index in [4.69, 9.17) is 16.3 Å². The number of urea groups is 1. The molecular formula is C31H23ClF8N6O4S. The van der Waals surface area contributed by atoms with Gasteiger partial charge in [-0.3, -0.25) is 9.69 Å². The van der Waals surface area contributed by atoms with Crippen LogP contribution in [0.5, 0.6) is 11.5 Å². The Morgan fingerprint density at radius 2 is 1.71 bits per heavy atom. The molecule has 1 N–H and O–H groups in total. The number of anilines is 1. The van der Waals surface area contributed by atoms with Gasteiger partial charge in [0, 0.05) is 17.1 Å². The molecular weight excluding hydrogens is 740 g/mol. The second kappa shape index (κ2) is 14.7. The van der Waals surface area contributed by atoms with Crippen molar-refractivity contribution >= 4 is 46.2 Å². The smallest absolute Gasteiger partial charge is 0.482 e. The molecule has 51 heavy (non-hydrogen) atoms. The topological polar surface area (TPSA) is 111 Å². The Labute approximate surface area is 292 Å². The average Bonchev–Trinajstić information content (AvgIpc) is 3.69. The van der Waals surface area contributed by atoms with Crippen LogP contribution in [0.4, 0.5) is 45.6 Å². The minimum Gasteiger partial charge on any atom is -0.482 e. The number of benzene rings is 3. The van der Waals surface area contributed by atoms with Crippen molar-refractivity contribution in [3.63, 3.8) is 0 Å². The highest BCUT2D eigenvalue weighted by Gasteiger charge is 2.61. The first-order valence-electron chi connectivity index (χ1n) is 14.5. The quantitative estimate of drug-likeness (QED) is 0.163. The van der Waals surface area contributed by atoms with Gasteiger partial charge in [-0.2, -0.15) is 40.1 Å². The predicted molar refractivity (Wildman–Crippen MR) is 171 cm³/mol.